The zero-order valence-electron chi connectivity index (χ0n) is 9.73. The van der Waals surface area contributed by atoms with E-state index in [0.717, 1.165) is 18.8 Å². The second-order valence-corrected chi connectivity index (χ2v) is 4.43. The van der Waals surface area contributed by atoms with Crippen LogP contribution in [0.1, 0.15) is 19.2 Å². The van der Waals surface area contributed by atoms with E-state index in [9.17, 15) is 4.79 Å². The number of amides is 1. The van der Waals surface area contributed by atoms with Crippen LogP contribution in [0.2, 0.25) is 0 Å². The first kappa shape index (κ1) is 11.1. The molecule has 1 amide bonds. The molecule has 1 fully saturated rings. The van der Waals surface area contributed by atoms with E-state index in [-0.39, 0.29) is 11.9 Å². The second-order valence-electron chi connectivity index (χ2n) is 4.43. The molecule has 1 aromatic rings. The van der Waals surface area contributed by atoms with Gasteiger partial charge < -0.3 is 15.2 Å². The minimum absolute atomic E-state index is 0.0278. The lowest BCUT2D eigenvalue weighted by molar-refractivity contribution is -0.133. The minimum atomic E-state index is -0.0278. The number of nitrogens with one attached hydrogen (secondary N) is 2. The maximum Gasteiger partial charge on any atom is 0.240 e. The van der Waals surface area contributed by atoms with E-state index in [1.165, 1.54) is 0 Å². The normalized spacial score (nSPS) is 24.6. The fourth-order valence-corrected chi connectivity index (χ4v) is 2.09. The predicted octanol–water partition coefficient (Wildman–Crippen LogP) is 0.366. The van der Waals surface area contributed by atoms with Crippen LogP contribution in [0.15, 0.2) is 12.4 Å². The van der Waals surface area contributed by atoms with Crippen molar-refractivity contribution in [3.8, 4) is 0 Å². The predicted molar refractivity (Wildman–Crippen MR) is 60.6 cm³/mol. The van der Waals surface area contributed by atoms with Gasteiger partial charge in [0.25, 0.3) is 0 Å². The Labute approximate surface area is 95.2 Å². The summed E-state index contributed by atoms with van der Waals surface area (Å²) in [5.74, 6) is 1.40. The van der Waals surface area contributed by atoms with Gasteiger partial charge in [0.05, 0.1) is 12.6 Å². The number of carbonyl (C=O) groups is 1. The van der Waals surface area contributed by atoms with Gasteiger partial charge in [-0.05, 0) is 18.9 Å². The van der Waals surface area contributed by atoms with E-state index >= 15 is 0 Å². The van der Waals surface area contributed by atoms with E-state index in [1.54, 1.807) is 17.3 Å². The van der Waals surface area contributed by atoms with E-state index in [0.29, 0.717) is 12.5 Å². The van der Waals surface area contributed by atoms with E-state index in [1.807, 2.05) is 7.05 Å². The summed E-state index contributed by atoms with van der Waals surface area (Å²) < 4.78 is 0. The third-order valence-electron chi connectivity index (χ3n) is 3.12. The molecule has 2 N–H and O–H groups in total. The minimum Gasteiger partial charge on any atom is -0.347 e. The molecule has 1 aliphatic rings. The van der Waals surface area contributed by atoms with Gasteiger partial charge in [-0.15, -0.1) is 0 Å². The molecule has 2 atom stereocenters. The average Bonchev–Trinajstić information content (AvgIpc) is 2.88. The monoisotopic (exact) mass is 222 g/mol. The SMILES string of the molecule is CC1CCNC1C(=O)N(C)Cc1ncc[nH]1. The fraction of sp³-hybridized carbons (Fsp3) is 0.636. The summed E-state index contributed by atoms with van der Waals surface area (Å²) in [6, 6.07) is -0.0278. The molecule has 5 nitrogen and oxygen atoms in total. The molecule has 16 heavy (non-hydrogen) atoms. The lowest BCUT2D eigenvalue weighted by Crippen LogP contribution is -2.44. The zero-order valence-corrected chi connectivity index (χ0v) is 9.73. The summed E-state index contributed by atoms with van der Waals surface area (Å²) in [4.78, 5) is 20.9. The Bertz CT molecular complexity index is 349. The summed E-state index contributed by atoms with van der Waals surface area (Å²) in [5, 5.41) is 3.24. The van der Waals surface area contributed by atoms with Crippen LogP contribution in [0.4, 0.5) is 0 Å². The third-order valence-corrected chi connectivity index (χ3v) is 3.12. The van der Waals surface area contributed by atoms with Crippen molar-refractivity contribution < 1.29 is 4.79 Å². The van der Waals surface area contributed by atoms with Crippen molar-refractivity contribution in [1.82, 2.24) is 20.2 Å². The number of likely N-dealkylation sites (N-methyl/N-ethyl adjacent to an activating group) is 1. The second kappa shape index (κ2) is 4.65. The first-order valence-electron chi connectivity index (χ1n) is 5.65. The van der Waals surface area contributed by atoms with Gasteiger partial charge >= 0.3 is 0 Å². The molecule has 2 rings (SSSR count). The number of hydrogen-bond donors (Lipinski definition) is 2. The van der Waals surface area contributed by atoms with E-state index in [2.05, 4.69) is 22.2 Å². The molecule has 0 bridgehead atoms. The first-order valence-corrected chi connectivity index (χ1v) is 5.65. The van der Waals surface area contributed by atoms with Crippen LogP contribution in [0, 0.1) is 5.92 Å². The van der Waals surface area contributed by atoms with Crippen LogP contribution in [0.25, 0.3) is 0 Å². The van der Waals surface area contributed by atoms with Gasteiger partial charge in [0.1, 0.15) is 5.82 Å². The molecule has 1 aromatic heterocycles. The van der Waals surface area contributed by atoms with E-state index < -0.39 is 0 Å². The van der Waals surface area contributed by atoms with Gasteiger partial charge in [0.2, 0.25) is 5.91 Å². The number of aromatic amines is 1. The van der Waals surface area contributed by atoms with Crippen LogP contribution in [0.3, 0.4) is 0 Å². The maximum atomic E-state index is 12.1. The number of hydrogen-bond acceptors (Lipinski definition) is 3. The summed E-state index contributed by atoms with van der Waals surface area (Å²) in [5.41, 5.74) is 0. The van der Waals surface area contributed by atoms with Crippen LogP contribution in [-0.2, 0) is 11.3 Å². The van der Waals surface area contributed by atoms with Crippen molar-refractivity contribution in [3.63, 3.8) is 0 Å². The molecule has 2 unspecified atom stereocenters. The highest BCUT2D eigenvalue weighted by Crippen LogP contribution is 2.16. The molecule has 5 heteroatoms. The number of aromatic nitrogens is 2. The quantitative estimate of drug-likeness (QED) is 0.776. The number of H-pyrrole nitrogens is 1. The fourth-order valence-electron chi connectivity index (χ4n) is 2.09. The van der Waals surface area contributed by atoms with Crippen molar-refractivity contribution in [2.75, 3.05) is 13.6 Å². The number of rotatable bonds is 3. The molecular weight excluding hydrogens is 204 g/mol. The highest BCUT2D eigenvalue weighted by Gasteiger charge is 2.31. The van der Waals surface area contributed by atoms with Gasteiger partial charge in [-0.25, -0.2) is 4.98 Å². The molecule has 0 aliphatic carbocycles. The largest absolute Gasteiger partial charge is 0.347 e. The Morgan fingerprint density at radius 3 is 3.06 bits per heavy atom. The molecule has 0 radical (unpaired) electrons. The van der Waals surface area contributed by atoms with Crippen molar-refractivity contribution in [3.05, 3.63) is 18.2 Å². The molecular formula is C11H18N4O. The maximum absolute atomic E-state index is 12.1. The Hall–Kier alpha value is -1.36. The lowest BCUT2D eigenvalue weighted by atomic mass is 10.0. The summed E-state index contributed by atoms with van der Waals surface area (Å²) in [7, 11) is 1.82. The third kappa shape index (κ3) is 2.24. The van der Waals surface area contributed by atoms with Gasteiger partial charge in [-0.3, -0.25) is 4.79 Å². The molecule has 0 aromatic carbocycles. The summed E-state index contributed by atoms with van der Waals surface area (Å²) >= 11 is 0. The van der Waals surface area contributed by atoms with Gasteiger partial charge in [-0.1, -0.05) is 6.92 Å². The van der Waals surface area contributed by atoms with Crippen LogP contribution in [-0.4, -0.2) is 40.4 Å². The zero-order chi connectivity index (χ0) is 11.5. The standard InChI is InChI=1S/C11H18N4O/c1-8-3-4-14-10(8)11(16)15(2)7-9-12-5-6-13-9/h5-6,8,10,14H,3-4,7H2,1-2H3,(H,12,13). The molecule has 0 spiro atoms. The Balaban J connectivity index is 1.94. The molecule has 2 heterocycles. The molecule has 1 aliphatic heterocycles. The van der Waals surface area contributed by atoms with Gasteiger partial charge in [-0.2, -0.15) is 0 Å². The van der Waals surface area contributed by atoms with E-state index in [4.69, 9.17) is 0 Å². The Morgan fingerprint density at radius 1 is 1.69 bits per heavy atom. The summed E-state index contributed by atoms with van der Waals surface area (Å²) in [6.07, 6.45) is 4.54. The molecule has 88 valence electrons. The van der Waals surface area contributed by atoms with Crippen molar-refractivity contribution in [2.45, 2.75) is 25.9 Å². The highest BCUT2D eigenvalue weighted by atomic mass is 16.2. The van der Waals surface area contributed by atoms with Crippen molar-refractivity contribution in [1.29, 1.82) is 0 Å². The number of carbonyl (C=O) groups excluding carboxylic acids is 1. The first-order chi connectivity index (χ1) is 7.68. The van der Waals surface area contributed by atoms with Gasteiger partial charge in [0.15, 0.2) is 0 Å². The Kier molecular flexibility index (Phi) is 3.24. The molecule has 1 saturated heterocycles. The van der Waals surface area contributed by atoms with Crippen LogP contribution >= 0.6 is 0 Å². The average molecular weight is 222 g/mol. The Morgan fingerprint density at radius 2 is 2.50 bits per heavy atom. The van der Waals surface area contributed by atoms with Crippen LogP contribution < -0.4 is 5.32 Å². The number of nitrogens with zero attached hydrogens (tertiary/aromatic N) is 2. The topological polar surface area (TPSA) is 61.0 Å². The van der Waals surface area contributed by atoms with Crippen molar-refractivity contribution >= 4 is 5.91 Å². The smallest absolute Gasteiger partial charge is 0.240 e. The van der Waals surface area contributed by atoms with Crippen LogP contribution in [0.5, 0.6) is 0 Å². The highest BCUT2D eigenvalue weighted by molar-refractivity contribution is 5.82. The van der Waals surface area contributed by atoms with Crippen molar-refractivity contribution in [2.24, 2.45) is 5.92 Å². The lowest BCUT2D eigenvalue weighted by Gasteiger charge is -2.22. The van der Waals surface area contributed by atoms with Gasteiger partial charge in [0, 0.05) is 19.4 Å². The number of imidazole rings is 1. The summed E-state index contributed by atoms with van der Waals surface area (Å²) in [6.45, 7) is 3.59. The molecule has 0 saturated carbocycles.